The molecule has 3 nitrogen and oxygen atoms in total. The van der Waals surface area contributed by atoms with Crippen molar-refractivity contribution in [3.05, 3.63) is 59.7 Å². The molecule has 1 aromatic heterocycles. The molecule has 0 spiro atoms. The van der Waals surface area contributed by atoms with Crippen molar-refractivity contribution in [3.63, 3.8) is 0 Å². The van der Waals surface area contributed by atoms with Gasteiger partial charge in [0, 0.05) is 5.69 Å². The molecular formula is C15H14FN3. The fraction of sp³-hybridized carbons (Fsp3) is 0.133. The summed E-state index contributed by atoms with van der Waals surface area (Å²) in [5.74, 6) is 0.610. The summed E-state index contributed by atoms with van der Waals surface area (Å²) in [5.41, 5.74) is 9.24. The maximum absolute atomic E-state index is 13.1. The van der Waals surface area contributed by atoms with Crippen LogP contribution in [0.5, 0.6) is 0 Å². The minimum atomic E-state index is -0.312. The van der Waals surface area contributed by atoms with Gasteiger partial charge in [-0.3, -0.25) is 0 Å². The van der Waals surface area contributed by atoms with Crippen molar-refractivity contribution in [1.29, 1.82) is 0 Å². The Bertz CT molecular complexity index is 746. The van der Waals surface area contributed by atoms with Crippen LogP contribution in [0, 0.1) is 12.7 Å². The van der Waals surface area contributed by atoms with Gasteiger partial charge in [-0.05, 0) is 36.8 Å². The van der Waals surface area contributed by atoms with E-state index in [1.165, 1.54) is 12.1 Å². The van der Waals surface area contributed by atoms with E-state index >= 15 is 0 Å². The van der Waals surface area contributed by atoms with E-state index in [0.29, 0.717) is 12.2 Å². The second-order valence-corrected chi connectivity index (χ2v) is 4.58. The third kappa shape index (κ3) is 2.05. The molecule has 0 radical (unpaired) electrons. The Morgan fingerprint density at radius 2 is 2.00 bits per heavy atom. The molecule has 0 saturated carbocycles. The number of imidazole rings is 1. The van der Waals surface area contributed by atoms with Gasteiger partial charge < -0.3 is 10.3 Å². The lowest BCUT2D eigenvalue weighted by Gasteiger charge is -2.09. The van der Waals surface area contributed by atoms with E-state index in [4.69, 9.17) is 5.73 Å². The monoisotopic (exact) mass is 255 g/mol. The number of aryl methyl sites for hydroxylation is 1. The Labute approximate surface area is 110 Å². The Hall–Kier alpha value is -2.36. The number of halogens is 1. The first kappa shape index (κ1) is 11.7. The van der Waals surface area contributed by atoms with Crippen LogP contribution in [0.1, 0.15) is 11.4 Å². The minimum Gasteiger partial charge on any atom is -0.398 e. The number of nitrogens with zero attached hydrogens (tertiary/aromatic N) is 2. The van der Waals surface area contributed by atoms with E-state index in [1.807, 2.05) is 31.2 Å². The fourth-order valence-electron chi connectivity index (χ4n) is 2.28. The number of fused-ring (bicyclic) bond motifs is 1. The summed E-state index contributed by atoms with van der Waals surface area (Å²) in [5, 5.41) is 0. The molecule has 1 heterocycles. The number of nitrogens with two attached hydrogens (primary N) is 1. The number of rotatable bonds is 2. The van der Waals surface area contributed by atoms with E-state index in [1.54, 1.807) is 6.07 Å². The highest BCUT2D eigenvalue weighted by atomic mass is 19.1. The van der Waals surface area contributed by atoms with Crippen molar-refractivity contribution in [1.82, 2.24) is 9.55 Å². The molecule has 3 rings (SSSR count). The molecule has 0 atom stereocenters. The average molecular weight is 255 g/mol. The lowest BCUT2D eigenvalue weighted by Crippen LogP contribution is -2.05. The molecule has 0 aliphatic rings. The predicted molar refractivity (Wildman–Crippen MR) is 74.4 cm³/mol. The Kier molecular flexibility index (Phi) is 2.71. The molecule has 19 heavy (non-hydrogen) atoms. The fourth-order valence-corrected chi connectivity index (χ4v) is 2.28. The SMILES string of the molecule is Cc1nc2ccccc2n1Cc1ccc(F)cc1N. The van der Waals surface area contributed by atoms with E-state index in [9.17, 15) is 4.39 Å². The first-order chi connectivity index (χ1) is 9.15. The summed E-state index contributed by atoms with van der Waals surface area (Å²) < 4.78 is 15.1. The van der Waals surface area contributed by atoms with Crippen molar-refractivity contribution < 1.29 is 4.39 Å². The van der Waals surface area contributed by atoms with Crippen LogP contribution in [-0.4, -0.2) is 9.55 Å². The van der Waals surface area contributed by atoms with Crippen molar-refractivity contribution in [2.45, 2.75) is 13.5 Å². The second-order valence-electron chi connectivity index (χ2n) is 4.58. The Morgan fingerprint density at radius 1 is 1.21 bits per heavy atom. The highest BCUT2D eigenvalue weighted by Gasteiger charge is 2.09. The first-order valence-corrected chi connectivity index (χ1v) is 6.11. The van der Waals surface area contributed by atoms with Gasteiger partial charge in [0.2, 0.25) is 0 Å². The highest BCUT2D eigenvalue weighted by molar-refractivity contribution is 5.76. The van der Waals surface area contributed by atoms with Crippen molar-refractivity contribution in [2.75, 3.05) is 5.73 Å². The number of aromatic nitrogens is 2. The quantitative estimate of drug-likeness (QED) is 0.715. The van der Waals surface area contributed by atoms with Gasteiger partial charge in [0.25, 0.3) is 0 Å². The second kappa shape index (κ2) is 4.39. The summed E-state index contributed by atoms with van der Waals surface area (Å²) in [7, 11) is 0. The van der Waals surface area contributed by atoms with Crippen LogP contribution in [0.3, 0.4) is 0 Å². The third-order valence-electron chi connectivity index (χ3n) is 3.28. The van der Waals surface area contributed by atoms with Crippen LogP contribution < -0.4 is 5.73 Å². The summed E-state index contributed by atoms with van der Waals surface area (Å²) in [6.07, 6.45) is 0. The van der Waals surface area contributed by atoms with Gasteiger partial charge in [0.1, 0.15) is 11.6 Å². The van der Waals surface area contributed by atoms with Gasteiger partial charge >= 0.3 is 0 Å². The summed E-state index contributed by atoms with van der Waals surface area (Å²) in [6.45, 7) is 2.55. The molecule has 96 valence electrons. The smallest absolute Gasteiger partial charge is 0.125 e. The van der Waals surface area contributed by atoms with E-state index in [2.05, 4.69) is 9.55 Å². The molecule has 3 aromatic rings. The number of para-hydroxylation sites is 2. The van der Waals surface area contributed by atoms with E-state index in [0.717, 1.165) is 22.4 Å². The molecule has 2 aromatic carbocycles. The average Bonchev–Trinajstić information content (AvgIpc) is 2.69. The lowest BCUT2D eigenvalue weighted by molar-refractivity contribution is 0.627. The van der Waals surface area contributed by atoms with Gasteiger partial charge in [-0.25, -0.2) is 9.37 Å². The van der Waals surface area contributed by atoms with Crippen LogP contribution in [0.2, 0.25) is 0 Å². The van der Waals surface area contributed by atoms with Crippen LogP contribution in [0.4, 0.5) is 10.1 Å². The molecule has 0 aliphatic carbocycles. The van der Waals surface area contributed by atoms with Gasteiger partial charge in [-0.2, -0.15) is 0 Å². The number of anilines is 1. The zero-order valence-corrected chi connectivity index (χ0v) is 10.6. The van der Waals surface area contributed by atoms with Gasteiger partial charge in [-0.1, -0.05) is 18.2 Å². The minimum absolute atomic E-state index is 0.312. The Balaban J connectivity index is 2.08. The van der Waals surface area contributed by atoms with Crippen LogP contribution in [0.15, 0.2) is 42.5 Å². The highest BCUT2D eigenvalue weighted by Crippen LogP contribution is 2.20. The van der Waals surface area contributed by atoms with Crippen molar-refractivity contribution in [3.8, 4) is 0 Å². The Morgan fingerprint density at radius 3 is 2.79 bits per heavy atom. The number of hydrogen-bond acceptors (Lipinski definition) is 2. The molecule has 0 bridgehead atoms. The largest absolute Gasteiger partial charge is 0.398 e. The maximum Gasteiger partial charge on any atom is 0.125 e. The molecule has 0 aliphatic heterocycles. The molecule has 4 heteroatoms. The number of nitrogen functional groups attached to an aromatic ring is 1. The standard InChI is InChI=1S/C15H14FN3/c1-10-18-14-4-2-3-5-15(14)19(10)9-11-6-7-12(16)8-13(11)17/h2-8H,9,17H2,1H3. The molecule has 0 saturated heterocycles. The molecular weight excluding hydrogens is 241 g/mol. The molecule has 0 fully saturated rings. The van der Waals surface area contributed by atoms with Crippen molar-refractivity contribution >= 4 is 16.7 Å². The topological polar surface area (TPSA) is 43.8 Å². The van der Waals surface area contributed by atoms with Gasteiger partial charge in [-0.15, -0.1) is 0 Å². The summed E-state index contributed by atoms with van der Waals surface area (Å²) >= 11 is 0. The maximum atomic E-state index is 13.1. The molecule has 0 unspecified atom stereocenters. The van der Waals surface area contributed by atoms with E-state index in [-0.39, 0.29) is 5.82 Å². The third-order valence-corrected chi connectivity index (χ3v) is 3.28. The number of benzene rings is 2. The molecule has 0 amide bonds. The van der Waals surface area contributed by atoms with Crippen LogP contribution in [0.25, 0.3) is 11.0 Å². The first-order valence-electron chi connectivity index (χ1n) is 6.11. The van der Waals surface area contributed by atoms with E-state index < -0.39 is 0 Å². The summed E-state index contributed by atoms with van der Waals surface area (Å²) in [6, 6.07) is 12.4. The predicted octanol–water partition coefficient (Wildman–Crippen LogP) is 3.11. The van der Waals surface area contributed by atoms with Crippen LogP contribution >= 0.6 is 0 Å². The van der Waals surface area contributed by atoms with Crippen LogP contribution in [-0.2, 0) is 6.54 Å². The lowest BCUT2D eigenvalue weighted by atomic mass is 10.1. The molecule has 2 N–H and O–H groups in total. The summed E-state index contributed by atoms with van der Waals surface area (Å²) in [4.78, 5) is 4.50. The number of hydrogen-bond donors (Lipinski definition) is 1. The zero-order chi connectivity index (χ0) is 13.4. The van der Waals surface area contributed by atoms with Crippen molar-refractivity contribution in [2.24, 2.45) is 0 Å². The van der Waals surface area contributed by atoms with Gasteiger partial charge in [0.15, 0.2) is 0 Å². The van der Waals surface area contributed by atoms with Gasteiger partial charge in [0.05, 0.1) is 17.6 Å². The normalized spacial score (nSPS) is 11.1. The zero-order valence-electron chi connectivity index (χ0n) is 10.6.